The van der Waals surface area contributed by atoms with E-state index in [1.165, 1.54) is 0 Å². The maximum Gasteiger partial charge on any atom is 0.106 e. The van der Waals surface area contributed by atoms with Crippen LogP contribution in [0, 0.1) is 0 Å². The summed E-state index contributed by atoms with van der Waals surface area (Å²) in [6.07, 6.45) is 3.26. The second-order valence-electron chi connectivity index (χ2n) is 3.13. The van der Waals surface area contributed by atoms with Crippen molar-refractivity contribution in [3.8, 4) is 5.69 Å². The largest absolute Gasteiger partial charge is 0.389 e. The highest BCUT2D eigenvalue weighted by atomic mass is 79.9. The fourth-order valence-corrected chi connectivity index (χ4v) is 1.99. The second-order valence-corrected chi connectivity index (χ2v) is 4.92. The maximum absolute atomic E-state index is 5.82. The van der Waals surface area contributed by atoms with Crippen LogP contribution in [0.5, 0.6) is 0 Å². The molecule has 0 aliphatic heterocycles. The molecule has 1 heterocycles. The van der Waals surface area contributed by atoms with E-state index >= 15 is 0 Å². The van der Waals surface area contributed by atoms with Gasteiger partial charge in [0.15, 0.2) is 0 Å². The quantitative estimate of drug-likeness (QED) is 0.866. The molecule has 0 spiro atoms. The van der Waals surface area contributed by atoms with Crippen LogP contribution in [0.1, 0.15) is 5.56 Å². The molecule has 0 aliphatic carbocycles. The molecule has 1 aromatic carbocycles. The number of nitrogens with two attached hydrogens (primary N) is 1. The zero-order chi connectivity index (χ0) is 11.7. The van der Waals surface area contributed by atoms with Crippen molar-refractivity contribution < 1.29 is 0 Å². The molecule has 2 rings (SSSR count). The first kappa shape index (κ1) is 11.6. The van der Waals surface area contributed by atoms with E-state index in [1.807, 2.05) is 18.2 Å². The highest BCUT2D eigenvalue weighted by molar-refractivity contribution is 9.10. The number of rotatable bonds is 2. The number of hydrogen-bond acceptors (Lipinski definition) is 2. The maximum atomic E-state index is 5.82. The SMILES string of the molecule is NC(=S)c1ccc(Br)cc1-n1cc(Cl)cn1. The summed E-state index contributed by atoms with van der Waals surface area (Å²) in [5.41, 5.74) is 7.21. The first-order valence-electron chi connectivity index (χ1n) is 4.38. The van der Waals surface area contributed by atoms with Crippen molar-refractivity contribution in [2.45, 2.75) is 0 Å². The van der Waals surface area contributed by atoms with Crippen LogP contribution < -0.4 is 5.73 Å². The van der Waals surface area contributed by atoms with E-state index in [9.17, 15) is 0 Å². The molecule has 0 radical (unpaired) electrons. The Morgan fingerprint density at radius 1 is 1.50 bits per heavy atom. The lowest BCUT2D eigenvalue weighted by Gasteiger charge is -2.08. The van der Waals surface area contributed by atoms with Crippen molar-refractivity contribution >= 4 is 44.7 Å². The summed E-state index contributed by atoms with van der Waals surface area (Å²) in [6, 6.07) is 5.61. The first-order valence-corrected chi connectivity index (χ1v) is 5.96. The van der Waals surface area contributed by atoms with Gasteiger partial charge in [-0.25, -0.2) is 4.68 Å². The molecule has 2 N–H and O–H groups in total. The first-order chi connectivity index (χ1) is 7.58. The molecule has 0 bridgehead atoms. The number of halogens is 2. The zero-order valence-electron chi connectivity index (χ0n) is 8.02. The minimum absolute atomic E-state index is 0.328. The summed E-state index contributed by atoms with van der Waals surface area (Å²) in [5.74, 6) is 0. The highest BCUT2D eigenvalue weighted by Gasteiger charge is 2.08. The number of benzene rings is 1. The van der Waals surface area contributed by atoms with Crippen molar-refractivity contribution in [2.75, 3.05) is 0 Å². The van der Waals surface area contributed by atoms with Gasteiger partial charge < -0.3 is 5.73 Å². The van der Waals surface area contributed by atoms with E-state index in [2.05, 4.69) is 21.0 Å². The molecule has 0 saturated heterocycles. The van der Waals surface area contributed by atoms with Gasteiger partial charge in [-0.15, -0.1) is 0 Å². The topological polar surface area (TPSA) is 43.8 Å². The molecule has 0 saturated carbocycles. The normalized spacial score (nSPS) is 10.4. The van der Waals surface area contributed by atoms with E-state index in [-0.39, 0.29) is 0 Å². The van der Waals surface area contributed by atoms with Gasteiger partial charge in [-0.1, -0.05) is 39.7 Å². The van der Waals surface area contributed by atoms with Crippen LogP contribution in [-0.2, 0) is 0 Å². The lowest BCUT2D eigenvalue weighted by Crippen LogP contribution is -2.13. The van der Waals surface area contributed by atoms with Crippen LogP contribution in [0.2, 0.25) is 5.02 Å². The summed E-state index contributed by atoms with van der Waals surface area (Å²) in [5, 5.41) is 4.68. The predicted octanol–water partition coefficient (Wildman–Crippen LogP) is 2.92. The fraction of sp³-hybridized carbons (Fsp3) is 0. The summed E-state index contributed by atoms with van der Waals surface area (Å²) in [4.78, 5) is 0.328. The second kappa shape index (κ2) is 4.53. The minimum Gasteiger partial charge on any atom is -0.389 e. The summed E-state index contributed by atoms with van der Waals surface area (Å²) >= 11 is 14.2. The van der Waals surface area contributed by atoms with Crippen molar-refractivity contribution in [3.05, 3.63) is 45.7 Å². The average molecular weight is 317 g/mol. The molecule has 0 atom stereocenters. The molecule has 1 aromatic heterocycles. The molecule has 0 fully saturated rings. The standard InChI is InChI=1S/C10H7BrClN3S/c11-6-1-2-8(10(13)16)9(3-6)15-5-7(12)4-14-15/h1-5H,(H2,13,16). The number of hydrogen-bond donors (Lipinski definition) is 1. The van der Waals surface area contributed by atoms with Gasteiger partial charge in [0.2, 0.25) is 0 Å². The number of nitrogens with zero attached hydrogens (tertiary/aromatic N) is 2. The van der Waals surface area contributed by atoms with Gasteiger partial charge in [0.25, 0.3) is 0 Å². The Hall–Kier alpha value is -0.910. The Bertz CT molecular complexity index is 553. The molecule has 82 valence electrons. The Balaban J connectivity index is 2.62. The van der Waals surface area contributed by atoms with Crippen molar-refractivity contribution in [3.63, 3.8) is 0 Å². The summed E-state index contributed by atoms with van der Waals surface area (Å²) in [6.45, 7) is 0. The van der Waals surface area contributed by atoms with Gasteiger partial charge in [-0.2, -0.15) is 5.10 Å². The summed E-state index contributed by atoms with van der Waals surface area (Å²) < 4.78 is 2.57. The predicted molar refractivity (Wildman–Crippen MR) is 72.2 cm³/mol. The molecular formula is C10H7BrClN3S. The molecule has 0 amide bonds. The van der Waals surface area contributed by atoms with Gasteiger partial charge in [0.05, 0.1) is 16.9 Å². The minimum atomic E-state index is 0.328. The van der Waals surface area contributed by atoms with E-state index in [1.54, 1.807) is 17.1 Å². The van der Waals surface area contributed by atoms with Crippen LogP contribution >= 0.6 is 39.7 Å². The van der Waals surface area contributed by atoms with Crippen LogP contribution in [0.25, 0.3) is 5.69 Å². The van der Waals surface area contributed by atoms with Gasteiger partial charge in [0, 0.05) is 16.2 Å². The van der Waals surface area contributed by atoms with Crippen molar-refractivity contribution in [1.82, 2.24) is 9.78 Å². The van der Waals surface area contributed by atoms with Gasteiger partial charge in [-0.3, -0.25) is 0 Å². The lowest BCUT2D eigenvalue weighted by molar-refractivity contribution is 0.878. The van der Waals surface area contributed by atoms with Crippen molar-refractivity contribution in [1.29, 1.82) is 0 Å². The zero-order valence-corrected chi connectivity index (χ0v) is 11.2. The molecule has 16 heavy (non-hydrogen) atoms. The fourth-order valence-electron chi connectivity index (χ4n) is 1.34. The van der Waals surface area contributed by atoms with Crippen molar-refractivity contribution in [2.24, 2.45) is 5.73 Å². The highest BCUT2D eigenvalue weighted by Crippen LogP contribution is 2.21. The summed E-state index contributed by atoms with van der Waals surface area (Å²) in [7, 11) is 0. The third kappa shape index (κ3) is 2.26. The smallest absolute Gasteiger partial charge is 0.106 e. The van der Waals surface area contributed by atoms with Crippen LogP contribution in [-0.4, -0.2) is 14.8 Å². The Kier molecular flexibility index (Phi) is 3.28. The molecule has 3 nitrogen and oxygen atoms in total. The molecular weight excluding hydrogens is 310 g/mol. The van der Waals surface area contributed by atoms with E-state index in [4.69, 9.17) is 29.6 Å². The van der Waals surface area contributed by atoms with E-state index in [0.717, 1.165) is 15.7 Å². The third-order valence-corrected chi connectivity index (χ3v) is 2.93. The van der Waals surface area contributed by atoms with Crippen LogP contribution in [0.15, 0.2) is 35.1 Å². The third-order valence-electron chi connectivity index (χ3n) is 2.02. The molecule has 0 unspecified atom stereocenters. The van der Waals surface area contributed by atoms with E-state index < -0.39 is 0 Å². The van der Waals surface area contributed by atoms with Crippen LogP contribution in [0.4, 0.5) is 0 Å². The van der Waals surface area contributed by atoms with E-state index in [0.29, 0.717) is 10.0 Å². The molecule has 0 aliphatic rings. The Morgan fingerprint density at radius 3 is 2.81 bits per heavy atom. The lowest BCUT2D eigenvalue weighted by atomic mass is 10.2. The Labute approximate surface area is 111 Å². The van der Waals surface area contributed by atoms with Gasteiger partial charge >= 0.3 is 0 Å². The van der Waals surface area contributed by atoms with Gasteiger partial charge in [-0.05, 0) is 18.2 Å². The number of aromatic nitrogens is 2. The number of thiocarbonyl (C=S) groups is 1. The van der Waals surface area contributed by atoms with Crippen LogP contribution in [0.3, 0.4) is 0 Å². The molecule has 2 aromatic rings. The molecule has 6 heteroatoms. The van der Waals surface area contributed by atoms with Gasteiger partial charge in [0.1, 0.15) is 4.99 Å². The Morgan fingerprint density at radius 2 is 2.25 bits per heavy atom. The average Bonchev–Trinajstić information content (AvgIpc) is 2.64. The monoisotopic (exact) mass is 315 g/mol.